The Kier molecular flexibility index (Phi) is 17.0. The van der Waals surface area contributed by atoms with E-state index in [4.69, 9.17) is 52.1 Å². The number of Topliss-reactive ketones (excluding diaryl/α,β-unsaturated/α-hetero) is 1. The summed E-state index contributed by atoms with van der Waals surface area (Å²) in [6, 6.07) is 14.0. The number of amides is 4. The number of hydrogen-bond acceptors (Lipinski definition) is 9. The molecular formula is C65H77Cl4F2N7O7. The fourth-order valence-corrected chi connectivity index (χ4v) is 17.5. The molecule has 6 fully saturated rings. The van der Waals surface area contributed by atoms with Crippen LogP contribution < -0.4 is 16.4 Å². The monoisotopic (exact) mass is 1250 g/mol. The highest BCUT2D eigenvalue weighted by atomic mass is 35.5. The minimum Gasteiger partial charge on any atom is -0.481 e. The molecule has 0 saturated heterocycles. The summed E-state index contributed by atoms with van der Waals surface area (Å²) in [5.74, 6) is -5.61. The Bertz CT molecular complexity index is 3350. The maximum Gasteiger partial charge on any atom is 0.307 e. The molecule has 12 rings (SSSR count). The quantitative estimate of drug-likeness (QED) is 0.123. The minimum atomic E-state index is -1.25. The van der Waals surface area contributed by atoms with Gasteiger partial charge < -0.3 is 31.3 Å². The standard InChI is InChI=1S/C33H38Cl2FN3O3.C25H25Cl2FN2O3.C7H14N2O/c1-31(2)8-10-32(11-9-31)17-22(25(40)15-18-13-19(14-18)29(41)39(3)4)26(21-7-12-37-28(35)27(21)36)33(32)23-6-5-20(34)16-24(23)38-30(33)42;1-23(2)6-8-24(9-7-23)12-15(21(31)32)18(14-5-10-29-20(27)19(14)28)25(24)16-4-3-13(26)11-17(16)30-22(25)33;1-9(2)7(10)5-3-6(8)4-5/h5-7,12,16,18-19,22,26H,8-11,13-15,17H2,1-4H3,(H,38,42);3-5,10-11,15,18H,6-9,12H2,1-2H3,(H,30,33)(H,31,32);5-6H,3-4,8H2,1-2H3/t18?,19?,22-,26-,33+;15-,18+,25?;/m01./s1. The molecule has 4 spiro atoms. The smallest absolute Gasteiger partial charge is 0.307 e. The summed E-state index contributed by atoms with van der Waals surface area (Å²) in [6.07, 6.45) is 13.4. The van der Waals surface area contributed by atoms with Gasteiger partial charge in [0.05, 0.1) is 16.7 Å². The van der Waals surface area contributed by atoms with Crippen molar-refractivity contribution in [2.45, 2.75) is 153 Å². The molecule has 14 nitrogen and oxygen atoms in total. The number of nitrogens with one attached hydrogen (secondary N) is 2. The van der Waals surface area contributed by atoms with E-state index in [0.717, 1.165) is 56.9 Å². The summed E-state index contributed by atoms with van der Waals surface area (Å²) in [5, 5.41) is 16.8. The predicted molar refractivity (Wildman–Crippen MR) is 325 cm³/mol. The summed E-state index contributed by atoms with van der Waals surface area (Å²) in [7, 11) is 7.07. The van der Waals surface area contributed by atoms with Gasteiger partial charge in [0, 0.05) is 104 Å². The van der Waals surface area contributed by atoms with E-state index in [1.165, 1.54) is 18.5 Å². The number of carbonyl (C=O) groups is 6. The topological polar surface area (TPSA) is 205 Å². The molecule has 4 heterocycles. The molecule has 2 aliphatic heterocycles. The molecule has 1 unspecified atom stereocenters. The van der Waals surface area contributed by atoms with Gasteiger partial charge in [-0.3, -0.25) is 28.8 Å². The first-order valence-electron chi connectivity index (χ1n) is 29.7. The number of nitrogens with two attached hydrogens (primary N) is 1. The van der Waals surface area contributed by atoms with Gasteiger partial charge in [-0.2, -0.15) is 0 Å². The van der Waals surface area contributed by atoms with Gasteiger partial charge in [0.25, 0.3) is 0 Å². The van der Waals surface area contributed by atoms with Crippen molar-refractivity contribution in [2.75, 3.05) is 38.8 Å². The summed E-state index contributed by atoms with van der Waals surface area (Å²) in [6.45, 7) is 8.87. The van der Waals surface area contributed by atoms with Gasteiger partial charge in [-0.05, 0) is 176 Å². The van der Waals surface area contributed by atoms with E-state index in [-0.39, 0.29) is 91.9 Å². The van der Waals surface area contributed by atoms with Crippen LogP contribution in [0.5, 0.6) is 0 Å². The van der Waals surface area contributed by atoms with Crippen LogP contribution in [0.1, 0.15) is 158 Å². The van der Waals surface area contributed by atoms with E-state index in [0.29, 0.717) is 65.5 Å². The van der Waals surface area contributed by atoms with Crippen molar-refractivity contribution >= 4 is 93.2 Å². The fraction of sp³-hybridized carbons (Fsp3) is 0.569. The number of benzene rings is 2. The van der Waals surface area contributed by atoms with Crippen molar-refractivity contribution in [3.8, 4) is 0 Å². The Morgan fingerprint density at radius 3 is 1.39 bits per heavy atom. The van der Waals surface area contributed by atoms with Crippen molar-refractivity contribution in [1.82, 2.24) is 19.8 Å². The lowest BCUT2D eigenvalue weighted by Gasteiger charge is -2.51. The lowest BCUT2D eigenvalue weighted by Crippen LogP contribution is -2.52. The molecular weight excluding hydrogens is 1170 g/mol. The van der Waals surface area contributed by atoms with Gasteiger partial charge in [-0.25, -0.2) is 18.7 Å². The average Bonchev–Trinajstić information content (AvgIpc) is 1.53. The number of carbonyl (C=O) groups excluding carboxylic acids is 5. The third-order valence-corrected chi connectivity index (χ3v) is 22.4. The van der Waals surface area contributed by atoms with Crippen molar-refractivity contribution in [3.05, 3.63) is 115 Å². The molecule has 5 N–H and O–H groups in total. The zero-order valence-corrected chi connectivity index (χ0v) is 52.6. The fourth-order valence-electron chi connectivity index (χ4n) is 16.9. The Balaban J connectivity index is 0.000000166. The molecule has 456 valence electrons. The van der Waals surface area contributed by atoms with Gasteiger partial charge >= 0.3 is 5.97 Å². The summed E-state index contributed by atoms with van der Waals surface area (Å²) in [5.41, 5.74) is 5.17. The summed E-state index contributed by atoms with van der Waals surface area (Å²) < 4.78 is 31.5. The van der Waals surface area contributed by atoms with E-state index in [2.05, 4.69) is 48.3 Å². The number of carboxylic acid groups (broad SMARTS) is 1. The van der Waals surface area contributed by atoms with Crippen LogP contribution in [0, 0.1) is 62.9 Å². The number of ketones is 1. The number of anilines is 2. The lowest BCUT2D eigenvalue weighted by atomic mass is 9.51. The molecule has 6 saturated carbocycles. The van der Waals surface area contributed by atoms with Crippen molar-refractivity contribution in [1.29, 1.82) is 0 Å². The van der Waals surface area contributed by atoms with Crippen LogP contribution in [0.25, 0.3) is 0 Å². The second kappa shape index (κ2) is 23.0. The van der Waals surface area contributed by atoms with Gasteiger partial charge in [0.15, 0.2) is 21.9 Å². The summed E-state index contributed by atoms with van der Waals surface area (Å²) >= 11 is 24.9. The Hall–Kier alpha value is -5.26. The van der Waals surface area contributed by atoms with E-state index in [1.54, 1.807) is 74.4 Å². The van der Waals surface area contributed by atoms with E-state index in [1.807, 2.05) is 6.07 Å². The van der Waals surface area contributed by atoms with Crippen LogP contribution >= 0.6 is 46.4 Å². The van der Waals surface area contributed by atoms with Crippen LogP contribution in [0.15, 0.2) is 60.9 Å². The largest absolute Gasteiger partial charge is 0.481 e. The second-order valence-corrected chi connectivity index (χ2v) is 29.4. The van der Waals surface area contributed by atoms with E-state index < -0.39 is 62.9 Å². The van der Waals surface area contributed by atoms with Crippen LogP contribution in [-0.4, -0.2) is 94.5 Å². The zero-order chi connectivity index (χ0) is 61.7. The predicted octanol–water partition coefficient (Wildman–Crippen LogP) is 13.2. The highest BCUT2D eigenvalue weighted by Gasteiger charge is 2.74. The van der Waals surface area contributed by atoms with Gasteiger partial charge in [0.1, 0.15) is 5.78 Å². The third-order valence-electron chi connectivity index (χ3n) is 21.4. The van der Waals surface area contributed by atoms with Crippen LogP contribution in [0.4, 0.5) is 20.2 Å². The van der Waals surface area contributed by atoms with Crippen molar-refractivity contribution < 1.29 is 42.7 Å². The number of aliphatic carboxylic acids is 1. The first-order valence-corrected chi connectivity index (χ1v) is 31.2. The van der Waals surface area contributed by atoms with Crippen molar-refractivity contribution in [2.24, 2.45) is 57.0 Å². The first kappa shape index (κ1) is 62.8. The molecule has 4 amide bonds. The molecule has 6 aliphatic carbocycles. The lowest BCUT2D eigenvalue weighted by molar-refractivity contribution is -0.142. The Morgan fingerprint density at radius 2 is 1.00 bits per heavy atom. The molecule has 85 heavy (non-hydrogen) atoms. The minimum absolute atomic E-state index is 0.0318. The number of hydrogen-bond donors (Lipinski definition) is 4. The van der Waals surface area contributed by atoms with Gasteiger partial charge in [-0.15, -0.1) is 0 Å². The number of halogens is 6. The summed E-state index contributed by atoms with van der Waals surface area (Å²) in [4.78, 5) is 90.2. The first-order chi connectivity index (χ1) is 39.9. The molecule has 20 heteroatoms. The second-order valence-electron chi connectivity index (χ2n) is 27.8. The molecule has 2 aromatic carbocycles. The highest BCUT2D eigenvalue weighted by molar-refractivity contribution is 6.32. The number of nitrogens with zero attached hydrogens (tertiary/aromatic N) is 4. The number of pyridine rings is 2. The van der Waals surface area contributed by atoms with Crippen molar-refractivity contribution in [3.63, 3.8) is 0 Å². The molecule has 0 radical (unpaired) electrons. The van der Waals surface area contributed by atoms with E-state index in [9.17, 15) is 33.9 Å². The zero-order valence-electron chi connectivity index (χ0n) is 49.5. The van der Waals surface area contributed by atoms with Gasteiger partial charge in [0.2, 0.25) is 23.6 Å². The molecule has 8 aliphatic rings. The Labute approximate surface area is 516 Å². The third kappa shape index (κ3) is 10.6. The van der Waals surface area contributed by atoms with Crippen LogP contribution in [0.2, 0.25) is 20.4 Å². The number of fused-ring (bicyclic) bond motifs is 6. The molecule has 0 bridgehead atoms. The molecule has 2 aromatic heterocycles. The average molecular weight is 1250 g/mol. The Morgan fingerprint density at radius 1 is 0.612 bits per heavy atom. The number of aromatic nitrogens is 2. The van der Waals surface area contributed by atoms with Crippen LogP contribution in [0.3, 0.4) is 0 Å². The number of carboxylic acids is 1. The van der Waals surface area contributed by atoms with Crippen LogP contribution in [-0.2, 0) is 39.6 Å². The SMILES string of the molecule is CC1(C)CCC2(CC1)C[C@@H](C(=O)O)[C@H](c1ccnc(Cl)c1F)C21C(=O)Nc2cc(Cl)ccc21.CN(C)C(=O)C1CC(CC(=O)[C@@H]2CC3(CCC(C)(C)CC3)[C@@]3(C(=O)Nc4cc(Cl)ccc43)[C@H]2c2ccnc(Cl)c2F)C1.CN(C)C(=O)C1CC(N)C1. The van der Waals surface area contributed by atoms with Gasteiger partial charge in [-0.1, -0.05) is 86.2 Å². The highest BCUT2D eigenvalue weighted by Crippen LogP contribution is 2.74. The number of rotatable bonds is 8. The van der Waals surface area contributed by atoms with E-state index >= 15 is 8.78 Å². The maximum absolute atomic E-state index is 16.0. The molecule has 6 atom stereocenters. The maximum atomic E-state index is 16.0. The normalized spacial score (nSPS) is 30.2. The molecule has 4 aromatic rings.